The number of nitrogens with one attached hydrogen (secondary N) is 1. The summed E-state index contributed by atoms with van der Waals surface area (Å²) in [6.45, 7) is 5.98. The molecule has 0 bridgehead atoms. The molecular formula is C32H41N3O5S. The first kappa shape index (κ1) is 31.7. The van der Waals surface area contributed by atoms with E-state index in [9.17, 15) is 18.0 Å². The van der Waals surface area contributed by atoms with Crippen molar-refractivity contribution in [3.63, 3.8) is 0 Å². The van der Waals surface area contributed by atoms with Crippen molar-refractivity contribution in [3.05, 3.63) is 95.1 Å². The predicted octanol–water partition coefficient (Wildman–Crippen LogP) is 4.63. The molecule has 0 spiro atoms. The van der Waals surface area contributed by atoms with Crippen LogP contribution in [0.15, 0.2) is 72.8 Å². The number of sulfonamides is 1. The van der Waals surface area contributed by atoms with Crippen molar-refractivity contribution < 1.29 is 22.7 Å². The molecular weight excluding hydrogens is 538 g/mol. The molecule has 3 aromatic rings. The number of amides is 2. The van der Waals surface area contributed by atoms with Crippen molar-refractivity contribution in [1.29, 1.82) is 0 Å². The molecule has 0 heterocycles. The van der Waals surface area contributed by atoms with E-state index in [4.69, 9.17) is 4.74 Å². The summed E-state index contributed by atoms with van der Waals surface area (Å²) in [5.74, 6) is -0.436. The van der Waals surface area contributed by atoms with E-state index >= 15 is 0 Å². The number of hydrogen-bond acceptors (Lipinski definition) is 5. The van der Waals surface area contributed by atoms with Crippen molar-refractivity contribution >= 4 is 27.5 Å². The molecule has 0 aliphatic carbocycles. The molecule has 0 aliphatic rings. The number of carbonyl (C=O) groups excluding carboxylic acids is 2. The summed E-state index contributed by atoms with van der Waals surface area (Å²) in [5, 5.41) is 3.00. The number of nitrogens with zero attached hydrogens (tertiary/aromatic N) is 2. The van der Waals surface area contributed by atoms with Gasteiger partial charge in [0.25, 0.3) is 0 Å². The third-order valence-corrected chi connectivity index (χ3v) is 8.11. The fraction of sp³-hybridized carbons (Fsp3) is 0.375. The molecule has 0 saturated carbocycles. The van der Waals surface area contributed by atoms with Gasteiger partial charge in [0.15, 0.2) is 0 Å². The van der Waals surface area contributed by atoms with Gasteiger partial charge in [-0.3, -0.25) is 13.9 Å². The van der Waals surface area contributed by atoms with Crippen molar-refractivity contribution in [3.8, 4) is 5.75 Å². The molecule has 0 unspecified atom stereocenters. The third kappa shape index (κ3) is 8.82. The molecule has 0 saturated heterocycles. The smallest absolute Gasteiger partial charge is 0.244 e. The Morgan fingerprint density at radius 2 is 1.66 bits per heavy atom. The van der Waals surface area contributed by atoms with Crippen molar-refractivity contribution in [1.82, 2.24) is 10.2 Å². The SMILES string of the molecule is CCCCNC(=O)[C@@H](Cc1ccccc1)N(Cc1ccccc1C)C(=O)CN(c1cc(C)ccc1OC)S(C)(=O)=O. The summed E-state index contributed by atoms with van der Waals surface area (Å²) in [6.07, 6.45) is 3.07. The van der Waals surface area contributed by atoms with Crippen LogP contribution in [-0.4, -0.2) is 57.6 Å². The highest BCUT2D eigenvalue weighted by Crippen LogP contribution is 2.31. The minimum atomic E-state index is -3.89. The van der Waals surface area contributed by atoms with E-state index in [1.807, 2.05) is 81.4 Å². The predicted molar refractivity (Wildman–Crippen MR) is 164 cm³/mol. The number of rotatable bonds is 14. The van der Waals surface area contributed by atoms with Gasteiger partial charge in [0, 0.05) is 19.5 Å². The highest BCUT2D eigenvalue weighted by molar-refractivity contribution is 7.92. The lowest BCUT2D eigenvalue weighted by atomic mass is 10.0. The van der Waals surface area contributed by atoms with E-state index in [1.54, 1.807) is 12.1 Å². The highest BCUT2D eigenvalue weighted by Gasteiger charge is 2.33. The summed E-state index contributed by atoms with van der Waals surface area (Å²) in [7, 11) is -2.44. The summed E-state index contributed by atoms with van der Waals surface area (Å²) >= 11 is 0. The van der Waals surface area contributed by atoms with Crippen LogP contribution in [0.1, 0.15) is 42.0 Å². The van der Waals surface area contributed by atoms with Gasteiger partial charge in [0.1, 0.15) is 18.3 Å². The van der Waals surface area contributed by atoms with Crippen molar-refractivity contribution in [2.24, 2.45) is 0 Å². The fourth-order valence-corrected chi connectivity index (χ4v) is 5.47. The van der Waals surface area contributed by atoms with Crippen LogP contribution in [0.4, 0.5) is 5.69 Å². The van der Waals surface area contributed by atoms with Gasteiger partial charge in [0.2, 0.25) is 21.8 Å². The molecule has 8 nitrogen and oxygen atoms in total. The zero-order valence-electron chi connectivity index (χ0n) is 24.6. The van der Waals surface area contributed by atoms with E-state index in [-0.39, 0.29) is 24.6 Å². The first-order valence-electron chi connectivity index (χ1n) is 13.8. The van der Waals surface area contributed by atoms with E-state index < -0.39 is 28.5 Å². The van der Waals surface area contributed by atoms with Crippen LogP contribution in [0.5, 0.6) is 5.75 Å². The lowest BCUT2D eigenvalue weighted by molar-refractivity contribution is -0.140. The molecule has 0 radical (unpaired) electrons. The summed E-state index contributed by atoms with van der Waals surface area (Å²) in [5.41, 5.74) is 3.82. The van der Waals surface area contributed by atoms with Gasteiger partial charge < -0.3 is 15.0 Å². The normalized spacial score (nSPS) is 11.9. The van der Waals surface area contributed by atoms with Gasteiger partial charge in [-0.15, -0.1) is 0 Å². The van der Waals surface area contributed by atoms with E-state index in [2.05, 4.69) is 5.32 Å². The minimum absolute atomic E-state index is 0.146. The molecule has 1 atom stereocenters. The van der Waals surface area contributed by atoms with Gasteiger partial charge in [-0.2, -0.15) is 0 Å². The van der Waals surface area contributed by atoms with Gasteiger partial charge in [-0.25, -0.2) is 8.42 Å². The topological polar surface area (TPSA) is 96.0 Å². The highest BCUT2D eigenvalue weighted by atomic mass is 32.2. The number of methoxy groups -OCH3 is 1. The maximum absolute atomic E-state index is 14.2. The number of aryl methyl sites for hydroxylation is 2. The third-order valence-electron chi connectivity index (χ3n) is 6.98. The number of hydrogen-bond donors (Lipinski definition) is 1. The Morgan fingerprint density at radius 1 is 0.976 bits per heavy atom. The Morgan fingerprint density at radius 3 is 2.29 bits per heavy atom. The molecule has 0 aromatic heterocycles. The molecule has 1 N–H and O–H groups in total. The van der Waals surface area contributed by atoms with E-state index in [0.29, 0.717) is 12.3 Å². The maximum Gasteiger partial charge on any atom is 0.244 e. The number of carbonyl (C=O) groups is 2. The summed E-state index contributed by atoms with van der Waals surface area (Å²) in [4.78, 5) is 29.4. The number of anilines is 1. The number of ether oxygens (including phenoxy) is 1. The molecule has 41 heavy (non-hydrogen) atoms. The number of unbranched alkanes of at least 4 members (excludes halogenated alkanes) is 1. The fourth-order valence-electron chi connectivity index (χ4n) is 4.62. The number of benzene rings is 3. The van der Waals surface area contributed by atoms with Crippen LogP contribution < -0.4 is 14.4 Å². The summed E-state index contributed by atoms with van der Waals surface area (Å²) in [6, 6.07) is 21.5. The van der Waals surface area contributed by atoms with Gasteiger partial charge in [0.05, 0.1) is 19.1 Å². The van der Waals surface area contributed by atoms with Crippen LogP contribution >= 0.6 is 0 Å². The van der Waals surface area contributed by atoms with E-state index in [0.717, 1.165) is 45.7 Å². The Labute approximate surface area is 244 Å². The lowest BCUT2D eigenvalue weighted by Crippen LogP contribution is -2.53. The Kier molecular flexibility index (Phi) is 11.3. The first-order valence-corrected chi connectivity index (χ1v) is 15.7. The van der Waals surface area contributed by atoms with Crippen LogP contribution in [0, 0.1) is 13.8 Å². The summed E-state index contributed by atoms with van der Waals surface area (Å²) < 4.78 is 32.7. The second kappa shape index (κ2) is 14.7. The maximum atomic E-state index is 14.2. The van der Waals surface area contributed by atoms with Crippen LogP contribution in [0.2, 0.25) is 0 Å². The standard InChI is InChI=1S/C32H41N3O5S/c1-6-7-19-33-32(37)29(21-26-14-9-8-10-15-26)34(22-27-16-12-11-13-25(27)3)31(36)23-35(41(5,38)39)28-20-24(2)17-18-30(28)40-4/h8-18,20,29H,6-7,19,21-23H2,1-5H3,(H,33,37)/t29-/m1/s1. The second-order valence-electron chi connectivity index (χ2n) is 10.2. The van der Waals surface area contributed by atoms with E-state index in [1.165, 1.54) is 12.0 Å². The monoisotopic (exact) mass is 579 g/mol. The van der Waals surface area contributed by atoms with Crippen LogP contribution in [0.25, 0.3) is 0 Å². The molecule has 9 heteroatoms. The zero-order valence-corrected chi connectivity index (χ0v) is 25.4. The van der Waals surface area contributed by atoms with Crippen molar-refractivity contribution in [2.75, 3.05) is 30.8 Å². The van der Waals surface area contributed by atoms with Crippen LogP contribution in [-0.2, 0) is 32.6 Å². The second-order valence-corrected chi connectivity index (χ2v) is 12.1. The largest absolute Gasteiger partial charge is 0.495 e. The molecule has 0 fully saturated rings. The molecule has 3 rings (SSSR count). The van der Waals surface area contributed by atoms with Gasteiger partial charge in [-0.05, 0) is 54.7 Å². The Balaban J connectivity index is 2.09. The average Bonchev–Trinajstić information content (AvgIpc) is 2.94. The molecule has 3 aromatic carbocycles. The zero-order chi connectivity index (χ0) is 30.0. The lowest BCUT2D eigenvalue weighted by Gasteiger charge is -2.34. The van der Waals surface area contributed by atoms with Crippen molar-refractivity contribution in [2.45, 2.75) is 52.6 Å². The quantitative estimate of drug-likeness (QED) is 0.281. The average molecular weight is 580 g/mol. The first-order chi connectivity index (χ1) is 19.5. The molecule has 0 aliphatic heterocycles. The molecule has 2 amide bonds. The molecule has 220 valence electrons. The van der Waals surface area contributed by atoms with Gasteiger partial charge in [-0.1, -0.05) is 74.0 Å². The Bertz CT molecular complexity index is 1430. The van der Waals surface area contributed by atoms with Gasteiger partial charge >= 0.3 is 0 Å². The van der Waals surface area contributed by atoms with Crippen LogP contribution in [0.3, 0.4) is 0 Å². The minimum Gasteiger partial charge on any atom is -0.495 e. The Hall–Kier alpha value is -3.85.